The summed E-state index contributed by atoms with van der Waals surface area (Å²) in [6.07, 6.45) is 12.1. The molecule has 0 aromatic carbocycles. The van der Waals surface area contributed by atoms with Crippen LogP contribution in [-0.4, -0.2) is 26.8 Å². The number of aromatic amines is 1. The summed E-state index contributed by atoms with van der Waals surface area (Å²) in [5, 5.41) is 22.0. The first kappa shape index (κ1) is 24.5. The Hall–Kier alpha value is -1.85. The smallest absolute Gasteiger partial charge is 0.235 e. The Labute approximate surface area is 222 Å². The number of rotatable bonds is 7. The third kappa shape index (κ3) is 4.30. The van der Waals surface area contributed by atoms with Gasteiger partial charge < -0.3 is 5.32 Å². The topological polar surface area (TPSA) is 94.5 Å². The summed E-state index contributed by atoms with van der Waals surface area (Å²) < 4.78 is 0. The quantitative estimate of drug-likeness (QED) is 0.405. The molecule has 5 aliphatic rings. The molecule has 36 heavy (non-hydrogen) atoms. The highest BCUT2D eigenvalue weighted by Crippen LogP contribution is 2.60. The van der Waals surface area contributed by atoms with E-state index in [1.807, 2.05) is 0 Å². The number of hydrogen-bond acceptors (Lipinski definition) is 6. The van der Waals surface area contributed by atoms with Crippen LogP contribution in [0.4, 0.5) is 5.00 Å². The van der Waals surface area contributed by atoms with Crippen molar-refractivity contribution in [2.45, 2.75) is 95.6 Å². The molecule has 5 aliphatic carbocycles. The SMILES string of the molecule is CCC(C)(C)[C@@H]1CCc2c(sc(NC(=O)CSc3n[nH]c(C45CC6CC(CC(C6)C4)C5)n3)c2C#N)C1. The largest absolute Gasteiger partial charge is 0.316 e. The van der Waals surface area contributed by atoms with Gasteiger partial charge in [-0.1, -0.05) is 39.0 Å². The number of H-pyrrole nitrogens is 1. The number of anilines is 1. The molecule has 192 valence electrons. The fraction of sp³-hybridized carbons (Fsp3) is 0.714. The van der Waals surface area contributed by atoms with Crippen LogP contribution in [0.3, 0.4) is 0 Å². The number of fused-ring (bicyclic) bond motifs is 1. The zero-order valence-electron chi connectivity index (χ0n) is 21.7. The van der Waals surface area contributed by atoms with Crippen molar-refractivity contribution in [3.8, 4) is 6.07 Å². The third-order valence-corrected chi connectivity index (χ3v) is 12.0. The number of aromatic nitrogens is 3. The minimum Gasteiger partial charge on any atom is -0.316 e. The Bertz CT molecular complexity index is 1170. The molecule has 0 spiro atoms. The van der Waals surface area contributed by atoms with Crippen LogP contribution in [0.25, 0.3) is 0 Å². The van der Waals surface area contributed by atoms with E-state index in [9.17, 15) is 10.1 Å². The molecule has 2 aromatic heterocycles. The molecule has 0 radical (unpaired) electrons. The Morgan fingerprint density at radius 1 is 1.25 bits per heavy atom. The predicted octanol–water partition coefficient (Wildman–Crippen LogP) is 6.48. The van der Waals surface area contributed by atoms with Gasteiger partial charge in [0.2, 0.25) is 11.1 Å². The summed E-state index contributed by atoms with van der Waals surface area (Å²) in [4.78, 5) is 19.0. The molecule has 8 heteroatoms. The standard InChI is InChI=1S/C28H37N5OS2/c1-4-27(2,3)19-5-6-20-21(14-29)24(36-22(20)10-19)30-23(34)15-35-26-31-25(32-33-26)28-11-16-7-17(12-28)9-18(8-16)13-28/h16-19H,4-13,15H2,1-3H3,(H,30,34)(H,31,32,33)/t16?,17?,18?,19-,28?/m1/s1. The summed E-state index contributed by atoms with van der Waals surface area (Å²) in [5.74, 6) is 4.39. The van der Waals surface area contributed by atoms with Crippen LogP contribution in [0, 0.1) is 40.4 Å². The van der Waals surface area contributed by atoms with E-state index in [4.69, 9.17) is 4.98 Å². The molecular weight excluding hydrogens is 486 g/mol. The normalized spacial score (nSPS) is 30.7. The highest BCUT2D eigenvalue weighted by molar-refractivity contribution is 7.99. The van der Waals surface area contributed by atoms with Crippen molar-refractivity contribution in [1.82, 2.24) is 15.2 Å². The fourth-order valence-electron chi connectivity index (χ4n) is 7.99. The Kier molecular flexibility index (Phi) is 6.23. The molecular formula is C28H37N5OS2. The maximum Gasteiger partial charge on any atom is 0.235 e. The molecule has 4 fully saturated rings. The lowest BCUT2D eigenvalue weighted by Gasteiger charge is -2.55. The summed E-state index contributed by atoms with van der Waals surface area (Å²) in [6, 6.07) is 2.38. The van der Waals surface area contributed by atoms with Crippen molar-refractivity contribution in [3.63, 3.8) is 0 Å². The number of hydrogen-bond donors (Lipinski definition) is 2. The minimum atomic E-state index is -0.0957. The van der Waals surface area contributed by atoms with Gasteiger partial charge in [-0.05, 0) is 92.4 Å². The van der Waals surface area contributed by atoms with E-state index in [0.29, 0.717) is 27.1 Å². The number of nitrogens with zero attached hydrogens (tertiary/aromatic N) is 3. The van der Waals surface area contributed by atoms with Gasteiger partial charge in [0.15, 0.2) is 0 Å². The van der Waals surface area contributed by atoms with Crippen LogP contribution < -0.4 is 5.32 Å². The average molecular weight is 524 g/mol. The van der Waals surface area contributed by atoms with Crippen molar-refractivity contribution in [1.29, 1.82) is 5.26 Å². The van der Waals surface area contributed by atoms with E-state index in [1.54, 1.807) is 11.3 Å². The van der Waals surface area contributed by atoms with Gasteiger partial charge >= 0.3 is 0 Å². The van der Waals surface area contributed by atoms with Gasteiger partial charge in [0.05, 0.1) is 11.3 Å². The van der Waals surface area contributed by atoms with Crippen molar-refractivity contribution < 1.29 is 4.79 Å². The second-order valence-electron chi connectivity index (χ2n) is 12.6. The number of carbonyl (C=O) groups excluding carboxylic acids is 1. The average Bonchev–Trinajstić information content (AvgIpc) is 3.46. The van der Waals surface area contributed by atoms with Gasteiger partial charge in [-0.3, -0.25) is 9.89 Å². The van der Waals surface area contributed by atoms with Crippen molar-refractivity contribution in [3.05, 3.63) is 21.8 Å². The predicted molar refractivity (Wildman–Crippen MR) is 144 cm³/mol. The zero-order chi connectivity index (χ0) is 25.1. The molecule has 1 atom stereocenters. The van der Waals surface area contributed by atoms with Gasteiger partial charge in [-0.15, -0.1) is 16.4 Å². The monoisotopic (exact) mass is 523 g/mol. The first-order valence-electron chi connectivity index (χ1n) is 13.7. The van der Waals surface area contributed by atoms with Gasteiger partial charge in [0, 0.05) is 10.3 Å². The summed E-state index contributed by atoms with van der Waals surface area (Å²) in [7, 11) is 0. The Balaban J connectivity index is 1.09. The summed E-state index contributed by atoms with van der Waals surface area (Å²) in [5.41, 5.74) is 2.30. The highest BCUT2D eigenvalue weighted by atomic mass is 32.2. The van der Waals surface area contributed by atoms with Crippen LogP contribution in [0.15, 0.2) is 5.16 Å². The van der Waals surface area contributed by atoms with Gasteiger partial charge in [-0.2, -0.15) is 5.26 Å². The first-order valence-corrected chi connectivity index (χ1v) is 15.5. The molecule has 0 aliphatic heterocycles. The summed E-state index contributed by atoms with van der Waals surface area (Å²) >= 11 is 2.99. The lowest BCUT2D eigenvalue weighted by molar-refractivity contribution is -0.113. The van der Waals surface area contributed by atoms with E-state index < -0.39 is 0 Å². The van der Waals surface area contributed by atoms with E-state index in [2.05, 4.69) is 42.4 Å². The molecule has 0 saturated heterocycles. The lowest BCUT2D eigenvalue weighted by Crippen LogP contribution is -2.49. The van der Waals surface area contributed by atoms with Gasteiger partial charge in [0.1, 0.15) is 16.9 Å². The van der Waals surface area contributed by atoms with Gasteiger partial charge in [-0.25, -0.2) is 4.98 Å². The maximum atomic E-state index is 12.9. The van der Waals surface area contributed by atoms with Crippen LogP contribution in [0.1, 0.15) is 94.0 Å². The Morgan fingerprint density at radius 3 is 2.58 bits per heavy atom. The second-order valence-corrected chi connectivity index (χ2v) is 14.7. The number of carbonyl (C=O) groups is 1. The highest BCUT2D eigenvalue weighted by Gasteiger charge is 2.53. The van der Waals surface area contributed by atoms with Crippen molar-refractivity contribution in [2.24, 2.45) is 29.1 Å². The van der Waals surface area contributed by atoms with Crippen LogP contribution in [0.5, 0.6) is 0 Å². The number of thiophene rings is 1. The minimum absolute atomic E-state index is 0.0957. The van der Waals surface area contributed by atoms with E-state index >= 15 is 0 Å². The first-order chi connectivity index (χ1) is 17.3. The molecule has 2 aromatic rings. The molecule has 4 bridgehead atoms. The molecule has 6 nitrogen and oxygen atoms in total. The van der Waals surface area contributed by atoms with Gasteiger partial charge in [0.25, 0.3) is 0 Å². The number of nitriles is 1. The molecule has 2 heterocycles. The fourth-order valence-corrected chi connectivity index (χ4v) is 9.88. The molecule has 2 N–H and O–H groups in total. The van der Waals surface area contributed by atoms with Crippen LogP contribution in [0.2, 0.25) is 0 Å². The third-order valence-electron chi connectivity index (χ3n) is 9.98. The molecule has 4 saturated carbocycles. The maximum absolute atomic E-state index is 12.9. The number of nitrogens with one attached hydrogen (secondary N) is 2. The molecule has 7 rings (SSSR count). The number of thioether (sulfide) groups is 1. The zero-order valence-corrected chi connectivity index (χ0v) is 23.3. The van der Waals surface area contributed by atoms with E-state index in [1.165, 1.54) is 55.2 Å². The molecule has 1 amide bonds. The van der Waals surface area contributed by atoms with E-state index in [-0.39, 0.29) is 17.1 Å². The van der Waals surface area contributed by atoms with Crippen molar-refractivity contribution in [2.75, 3.05) is 11.1 Å². The van der Waals surface area contributed by atoms with Crippen LogP contribution in [-0.2, 0) is 23.1 Å². The second kappa shape index (κ2) is 9.16. The lowest BCUT2D eigenvalue weighted by atomic mass is 9.49. The number of amides is 1. The van der Waals surface area contributed by atoms with Crippen molar-refractivity contribution >= 4 is 34.0 Å². The van der Waals surface area contributed by atoms with E-state index in [0.717, 1.165) is 54.8 Å². The van der Waals surface area contributed by atoms with Crippen LogP contribution >= 0.6 is 23.1 Å². The summed E-state index contributed by atoms with van der Waals surface area (Å²) in [6.45, 7) is 6.95. The molecule has 0 unspecified atom stereocenters. The Morgan fingerprint density at radius 2 is 1.94 bits per heavy atom.